The summed E-state index contributed by atoms with van der Waals surface area (Å²) in [5.41, 5.74) is 5.21. The lowest BCUT2D eigenvalue weighted by Crippen LogP contribution is -2.18. The summed E-state index contributed by atoms with van der Waals surface area (Å²) >= 11 is 4.60. The van der Waals surface area contributed by atoms with Crippen LogP contribution in [0.2, 0.25) is 0 Å². The second kappa shape index (κ2) is 10.3. The maximum absolute atomic E-state index is 11.6. The van der Waals surface area contributed by atoms with Crippen LogP contribution in [0.15, 0.2) is 0 Å². The highest BCUT2D eigenvalue weighted by Crippen LogP contribution is 2.16. The number of ether oxygens (including phenoxy) is 2. The summed E-state index contributed by atoms with van der Waals surface area (Å²) in [6, 6.07) is 0. The van der Waals surface area contributed by atoms with Crippen LogP contribution in [0.4, 0.5) is 0 Å². The number of esters is 1. The van der Waals surface area contributed by atoms with Gasteiger partial charge in [-0.1, -0.05) is 13.3 Å². The van der Waals surface area contributed by atoms with Crippen molar-refractivity contribution in [3.63, 3.8) is 0 Å². The van der Waals surface area contributed by atoms with Crippen LogP contribution in [-0.2, 0) is 14.3 Å². The molecule has 0 aromatic heterocycles. The van der Waals surface area contributed by atoms with Crippen molar-refractivity contribution in [1.82, 2.24) is 0 Å². The molecule has 0 saturated heterocycles. The summed E-state index contributed by atoms with van der Waals surface area (Å²) in [6.07, 6.45) is 4.50. The second-order valence-electron chi connectivity index (χ2n) is 3.90. The van der Waals surface area contributed by atoms with Crippen molar-refractivity contribution in [2.24, 2.45) is 11.7 Å². The maximum Gasteiger partial charge on any atom is 0.308 e. The highest BCUT2D eigenvalue weighted by molar-refractivity contribution is 7.80. The zero-order valence-electron chi connectivity index (χ0n) is 10.7. The van der Waals surface area contributed by atoms with E-state index in [1.165, 1.54) is 0 Å². The molecule has 0 aromatic rings. The fourth-order valence-electron chi connectivity index (χ4n) is 1.65. The van der Waals surface area contributed by atoms with E-state index in [1.54, 1.807) is 0 Å². The Labute approximate surface area is 109 Å². The summed E-state index contributed by atoms with van der Waals surface area (Å²) in [7, 11) is 0. The maximum atomic E-state index is 11.6. The van der Waals surface area contributed by atoms with Gasteiger partial charge in [0.1, 0.15) is 0 Å². The molecule has 1 atom stereocenters. The first kappa shape index (κ1) is 16.2. The van der Waals surface area contributed by atoms with E-state index in [0.717, 1.165) is 32.1 Å². The minimum atomic E-state index is -0.0791. The Hall–Kier alpha value is -0.840. The van der Waals surface area contributed by atoms with Gasteiger partial charge in [-0.25, -0.2) is 0 Å². The fraction of sp³-hybridized carbons (Fsp3) is 0.833. The standard InChI is InChI=1S/C12H23NO3S/c1-3-7-10(11(14)15-4-2)8-5-6-9-16-12(13)17/h10H,3-9H2,1-2H3,(H2,13,17). The molecule has 0 bridgehead atoms. The van der Waals surface area contributed by atoms with E-state index < -0.39 is 0 Å². The van der Waals surface area contributed by atoms with Gasteiger partial charge in [0.15, 0.2) is 0 Å². The van der Waals surface area contributed by atoms with Gasteiger partial charge >= 0.3 is 5.97 Å². The van der Waals surface area contributed by atoms with Gasteiger partial charge in [0.2, 0.25) is 0 Å². The zero-order valence-corrected chi connectivity index (χ0v) is 11.6. The van der Waals surface area contributed by atoms with E-state index in [-0.39, 0.29) is 17.1 Å². The van der Waals surface area contributed by atoms with E-state index >= 15 is 0 Å². The Morgan fingerprint density at radius 2 is 1.94 bits per heavy atom. The normalized spacial score (nSPS) is 11.9. The van der Waals surface area contributed by atoms with Crippen molar-refractivity contribution in [2.45, 2.75) is 46.0 Å². The summed E-state index contributed by atoms with van der Waals surface area (Å²) in [4.78, 5) is 11.6. The van der Waals surface area contributed by atoms with Crippen LogP contribution in [0, 0.1) is 5.92 Å². The molecule has 0 heterocycles. The molecule has 0 spiro atoms. The molecule has 100 valence electrons. The van der Waals surface area contributed by atoms with Crippen LogP contribution >= 0.6 is 12.2 Å². The van der Waals surface area contributed by atoms with Crippen LogP contribution in [-0.4, -0.2) is 24.4 Å². The minimum Gasteiger partial charge on any atom is -0.471 e. The molecule has 0 aliphatic carbocycles. The first-order chi connectivity index (χ1) is 8.11. The lowest BCUT2D eigenvalue weighted by molar-refractivity contribution is -0.148. The molecule has 1 unspecified atom stereocenters. The van der Waals surface area contributed by atoms with Gasteiger partial charge in [-0.2, -0.15) is 0 Å². The van der Waals surface area contributed by atoms with E-state index in [1.807, 2.05) is 6.92 Å². The lowest BCUT2D eigenvalue weighted by atomic mass is 9.97. The van der Waals surface area contributed by atoms with Gasteiger partial charge in [0.25, 0.3) is 5.17 Å². The number of carbonyl (C=O) groups is 1. The third-order valence-electron chi connectivity index (χ3n) is 2.45. The average Bonchev–Trinajstić information content (AvgIpc) is 2.27. The molecule has 0 aliphatic heterocycles. The Morgan fingerprint density at radius 1 is 1.24 bits per heavy atom. The monoisotopic (exact) mass is 261 g/mol. The number of hydrogen-bond acceptors (Lipinski definition) is 4. The summed E-state index contributed by atoms with van der Waals surface area (Å²) in [5.74, 6) is -0.0607. The molecule has 0 rings (SSSR count). The van der Waals surface area contributed by atoms with Crippen LogP contribution in [0.3, 0.4) is 0 Å². The van der Waals surface area contributed by atoms with Crippen molar-refractivity contribution in [3.05, 3.63) is 0 Å². The number of hydrogen-bond donors (Lipinski definition) is 1. The molecule has 4 nitrogen and oxygen atoms in total. The quantitative estimate of drug-likeness (QED) is 0.392. The third-order valence-corrected chi connectivity index (χ3v) is 2.57. The zero-order chi connectivity index (χ0) is 13.1. The minimum absolute atomic E-state index is 0.0183. The summed E-state index contributed by atoms with van der Waals surface area (Å²) < 4.78 is 10.0. The van der Waals surface area contributed by atoms with E-state index in [2.05, 4.69) is 19.1 Å². The highest BCUT2D eigenvalue weighted by Gasteiger charge is 2.17. The van der Waals surface area contributed by atoms with Gasteiger partial charge in [-0.05, 0) is 44.8 Å². The Kier molecular flexibility index (Phi) is 9.81. The molecule has 0 radical (unpaired) electrons. The smallest absolute Gasteiger partial charge is 0.308 e. The lowest BCUT2D eigenvalue weighted by Gasteiger charge is -2.14. The summed E-state index contributed by atoms with van der Waals surface area (Å²) in [5, 5.41) is 0.0838. The van der Waals surface area contributed by atoms with E-state index in [4.69, 9.17) is 15.2 Å². The number of thiocarbonyl (C=S) groups is 1. The molecule has 0 aliphatic rings. The van der Waals surface area contributed by atoms with Crippen LogP contribution in [0.25, 0.3) is 0 Å². The van der Waals surface area contributed by atoms with Crippen LogP contribution in [0.5, 0.6) is 0 Å². The van der Waals surface area contributed by atoms with Gasteiger partial charge in [-0.3, -0.25) is 4.79 Å². The fourth-order valence-corrected chi connectivity index (χ4v) is 1.74. The second-order valence-corrected chi connectivity index (χ2v) is 4.30. The number of carbonyl (C=O) groups excluding carboxylic acids is 1. The number of rotatable bonds is 9. The molecule has 0 amide bonds. The van der Waals surface area contributed by atoms with E-state index in [9.17, 15) is 4.79 Å². The first-order valence-electron chi connectivity index (χ1n) is 6.20. The van der Waals surface area contributed by atoms with Crippen molar-refractivity contribution in [3.8, 4) is 0 Å². The molecule has 0 fully saturated rings. The predicted octanol–water partition coefficient (Wildman–Crippen LogP) is 2.40. The first-order valence-corrected chi connectivity index (χ1v) is 6.61. The Morgan fingerprint density at radius 3 is 2.47 bits per heavy atom. The van der Waals surface area contributed by atoms with Crippen LogP contribution in [0.1, 0.15) is 46.0 Å². The van der Waals surface area contributed by atoms with Gasteiger partial charge < -0.3 is 15.2 Å². The van der Waals surface area contributed by atoms with Crippen molar-refractivity contribution >= 4 is 23.4 Å². The molecular weight excluding hydrogens is 238 g/mol. The van der Waals surface area contributed by atoms with Crippen LogP contribution < -0.4 is 5.73 Å². The Balaban J connectivity index is 3.76. The Bertz CT molecular complexity index is 234. The van der Waals surface area contributed by atoms with Crippen molar-refractivity contribution in [1.29, 1.82) is 0 Å². The molecule has 2 N–H and O–H groups in total. The molecule has 5 heteroatoms. The third kappa shape index (κ3) is 8.92. The number of nitrogens with two attached hydrogens (primary N) is 1. The average molecular weight is 261 g/mol. The largest absolute Gasteiger partial charge is 0.471 e. The highest BCUT2D eigenvalue weighted by atomic mass is 32.1. The number of unbranched alkanes of at least 4 members (excludes halogenated alkanes) is 1. The van der Waals surface area contributed by atoms with E-state index in [0.29, 0.717) is 13.2 Å². The molecule has 0 aromatic carbocycles. The van der Waals surface area contributed by atoms with Crippen molar-refractivity contribution < 1.29 is 14.3 Å². The molecule has 0 saturated carbocycles. The SMILES string of the molecule is CCCC(CCCCOC(N)=S)C(=O)OCC. The van der Waals surface area contributed by atoms with Gasteiger partial charge in [-0.15, -0.1) is 0 Å². The summed E-state index contributed by atoms with van der Waals surface area (Å²) in [6.45, 7) is 4.87. The van der Waals surface area contributed by atoms with Gasteiger partial charge in [0.05, 0.1) is 19.1 Å². The van der Waals surface area contributed by atoms with Gasteiger partial charge in [0, 0.05) is 0 Å². The topological polar surface area (TPSA) is 61.5 Å². The molecular formula is C12H23NO3S. The van der Waals surface area contributed by atoms with Crippen molar-refractivity contribution in [2.75, 3.05) is 13.2 Å². The predicted molar refractivity (Wildman–Crippen MR) is 71.6 cm³/mol. The molecule has 17 heavy (non-hydrogen) atoms.